The van der Waals surface area contributed by atoms with Crippen LogP contribution in [0.2, 0.25) is 0 Å². The van der Waals surface area contributed by atoms with Gasteiger partial charge in [0.05, 0.1) is 5.76 Å². The zero-order valence-corrected chi connectivity index (χ0v) is 8.85. The van der Waals surface area contributed by atoms with E-state index in [9.17, 15) is 0 Å². The molecule has 2 atom stereocenters. The highest BCUT2D eigenvalue weighted by Gasteiger charge is 2.17. The van der Waals surface area contributed by atoms with Crippen molar-refractivity contribution in [2.24, 2.45) is 5.92 Å². The lowest BCUT2D eigenvalue weighted by molar-refractivity contribution is 0.135. The minimum Gasteiger partial charge on any atom is -0.495 e. The predicted molar refractivity (Wildman–Crippen MR) is 60.7 cm³/mol. The van der Waals surface area contributed by atoms with E-state index in [0.717, 1.165) is 5.76 Å². The maximum absolute atomic E-state index is 5.33. The molecule has 0 bridgehead atoms. The van der Waals surface area contributed by atoms with Crippen LogP contribution in [0.4, 0.5) is 0 Å². The summed E-state index contributed by atoms with van der Waals surface area (Å²) in [4.78, 5) is 0. The molecule has 0 aromatic carbocycles. The fourth-order valence-corrected chi connectivity index (χ4v) is 0.946. The van der Waals surface area contributed by atoms with Crippen LogP contribution in [-0.2, 0) is 4.74 Å². The first-order chi connectivity index (χ1) is 5.43. The minimum atomic E-state index is 0. The highest BCUT2D eigenvalue weighted by atomic mass is 16.5. The number of allylic oxidation sites excluding steroid dienone is 2. The van der Waals surface area contributed by atoms with Gasteiger partial charge in [-0.3, -0.25) is 0 Å². The molecule has 1 nitrogen and oxygen atoms in total. The lowest BCUT2D eigenvalue weighted by Gasteiger charge is -2.07. The Kier molecular flexibility index (Phi) is 7.69. The maximum Gasteiger partial charge on any atom is 0.101 e. The summed E-state index contributed by atoms with van der Waals surface area (Å²) in [6.07, 6.45) is 2.56. The average Bonchev–Trinajstić information content (AvgIpc) is 2.08. The summed E-state index contributed by atoms with van der Waals surface area (Å²) in [5.74, 6) is 1.68. The van der Waals surface area contributed by atoms with Crippen molar-refractivity contribution in [3.63, 3.8) is 0 Å². The third kappa shape index (κ3) is 7.63. The Labute approximate surface area is 83.5 Å². The predicted octanol–water partition coefficient (Wildman–Crippen LogP) is 4.16. The molecule has 0 saturated carbocycles. The molecule has 1 aliphatic rings. The van der Waals surface area contributed by atoms with Gasteiger partial charge in [0.25, 0.3) is 0 Å². The summed E-state index contributed by atoms with van der Waals surface area (Å²) in [5.41, 5.74) is 1.17. The molecule has 1 heteroatoms. The lowest BCUT2D eigenvalue weighted by atomic mass is 10.1. The highest BCUT2D eigenvalue weighted by Crippen LogP contribution is 2.21. The van der Waals surface area contributed by atoms with E-state index in [1.165, 1.54) is 5.57 Å². The van der Waals surface area contributed by atoms with Crippen LogP contribution in [0.25, 0.3) is 0 Å². The van der Waals surface area contributed by atoms with Crippen LogP contribution in [0.15, 0.2) is 24.0 Å². The van der Waals surface area contributed by atoms with Gasteiger partial charge >= 0.3 is 0 Å². The Balaban J connectivity index is 0. The van der Waals surface area contributed by atoms with Gasteiger partial charge in [-0.05, 0) is 33.8 Å². The standard InChI is InChI=1S/C7H12O.C4H8.CH4/c1-5-4-6(2)8-7(5)3;1-4(2)3;/h4-5,7H,1-3H3;1H2,2-3H3;1H4. The molecule has 2 unspecified atom stereocenters. The lowest BCUT2D eigenvalue weighted by Crippen LogP contribution is -2.07. The zero-order chi connectivity index (χ0) is 9.72. The Morgan fingerprint density at radius 3 is 1.85 bits per heavy atom. The SMILES string of the molecule is C.C=C(C)C.CC1=CC(C)C(C)O1. The Hall–Kier alpha value is -0.720. The molecule has 0 aromatic heterocycles. The van der Waals surface area contributed by atoms with Crippen molar-refractivity contribution < 1.29 is 4.74 Å². The van der Waals surface area contributed by atoms with Crippen molar-refractivity contribution in [2.75, 3.05) is 0 Å². The van der Waals surface area contributed by atoms with Gasteiger partial charge in [-0.1, -0.05) is 19.9 Å². The Morgan fingerprint density at radius 1 is 1.38 bits per heavy atom. The quantitative estimate of drug-likeness (QED) is 0.513. The molecule has 1 aliphatic heterocycles. The van der Waals surface area contributed by atoms with Gasteiger partial charge in [0, 0.05) is 5.92 Å². The summed E-state index contributed by atoms with van der Waals surface area (Å²) in [6.45, 7) is 13.8. The molecule has 0 radical (unpaired) electrons. The van der Waals surface area contributed by atoms with Crippen molar-refractivity contribution in [1.82, 2.24) is 0 Å². The molecular weight excluding hydrogens is 160 g/mol. The van der Waals surface area contributed by atoms with Gasteiger partial charge in [-0.25, -0.2) is 0 Å². The van der Waals surface area contributed by atoms with E-state index in [-0.39, 0.29) is 7.43 Å². The largest absolute Gasteiger partial charge is 0.495 e. The van der Waals surface area contributed by atoms with Crippen LogP contribution in [-0.4, -0.2) is 6.10 Å². The summed E-state index contributed by atoms with van der Waals surface area (Å²) < 4.78 is 5.33. The van der Waals surface area contributed by atoms with E-state index in [0.29, 0.717) is 12.0 Å². The van der Waals surface area contributed by atoms with E-state index in [2.05, 4.69) is 26.5 Å². The molecule has 78 valence electrons. The summed E-state index contributed by atoms with van der Waals surface area (Å²) >= 11 is 0. The van der Waals surface area contributed by atoms with E-state index in [1.54, 1.807) is 0 Å². The van der Waals surface area contributed by atoms with Gasteiger partial charge in [-0.15, -0.1) is 6.58 Å². The van der Waals surface area contributed by atoms with Gasteiger partial charge in [0.1, 0.15) is 6.10 Å². The monoisotopic (exact) mass is 184 g/mol. The summed E-state index contributed by atoms with van der Waals surface area (Å²) in [7, 11) is 0. The van der Waals surface area contributed by atoms with Crippen molar-refractivity contribution >= 4 is 0 Å². The van der Waals surface area contributed by atoms with Gasteiger partial charge in [0.2, 0.25) is 0 Å². The van der Waals surface area contributed by atoms with Crippen LogP contribution in [0.3, 0.4) is 0 Å². The van der Waals surface area contributed by atoms with E-state index < -0.39 is 0 Å². The Morgan fingerprint density at radius 2 is 1.77 bits per heavy atom. The van der Waals surface area contributed by atoms with E-state index in [1.807, 2.05) is 20.8 Å². The van der Waals surface area contributed by atoms with Crippen molar-refractivity contribution in [3.05, 3.63) is 24.0 Å². The zero-order valence-electron chi connectivity index (χ0n) is 8.85. The van der Waals surface area contributed by atoms with Gasteiger partial charge < -0.3 is 4.74 Å². The molecule has 13 heavy (non-hydrogen) atoms. The smallest absolute Gasteiger partial charge is 0.101 e. The first-order valence-electron chi connectivity index (χ1n) is 4.40. The minimum absolute atomic E-state index is 0. The molecule has 0 spiro atoms. The van der Waals surface area contributed by atoms with E-state index >= 15 is 0 Å². The fourth-order valence-electron chi connectivity index (χ4n) is 0.946. The molecule has 0 aliphatic carbocycles. The third-order valence-corrected chi connectivity index (χ3v) is 1.61. The van der Waals surface area contributed by atoms with Gasteiger partial charge in [0.15, 0.2) is 0 Å². The van der Waals surface area contributed by atoms with Crippen LogP contribution in [0.1, 0.15) is 42.0 Å². The molecule has 0 fully saturated rings. The van der Waals surface area contributed by atoms with Crippen LogP contribution in [0, 0.1) is 5.92 Å². The number of rotatable bonds is 0. The molecule has 1 rings (SSSR count). The molecule has 1 heterocycles. The topological polar surface area (TPSA) is 9.23 Å². The van der Waals surface area contributed by atoms with Crippen LogP contribution in [0.5, 0.6) is 0 Å². The fraction of sp³-hybridized carbons (Fsp3) is 0.667. The van der Waals surface area contributed by atoms with Crippen LogP contribution >= 0.6 is 0 Å². The second-order valence-electron chi connectivity index (χ2n) is 3.67. The van der Waals surface area contributed by atoms with Crippen molar-refractivity contribution in [1.29, 1.82) is 0 Å². The Bertz CT molecular complexity index is 176. The van der Waals surface area contributed by atoms with Gasteiger partial charge in [-0.2, -0.15) is 0 Å². The van der Waals surface area contributed by atoms with E-state index in [4.69, 9.17) is 4.74 Å². The molecular formula is C12H24O. The van der Waals surface area contributed by atoms with Crippen molar-refractivity contribution in [3.8, 4) is 0 Å². The second-order valence-corrected chi connectivity index (χ2v) is 3.67. The van der Waals surface area contributed by atoms with Crippen LogP contribution < -0.4 is 0 Å². The normalized spacial score (nSPS) is 24.5. The van der Waals surface area contributed by atoms with Crippen molar-refractivity contribution in [2.45, 2.75) is 48.1 Å². The number of hydrogen-bond donors (Lipinski definition) is 0. The first-order valence-corrected chi connectivity index (χ1v) is 4.40. The molecule has 0 aromatic rings. The average molecular weight is 184 g/mol. The maximum atomic E-state index is 5.33. The summed E-state index contributed by atoms with van der Waals surface area (Å²) in [6, 6.07) is 0. The molecule has 0 amide bonds. The number of ether oxygens (including phenoxy) is 1. The number of hydrogen-bond acceptors (Lipinski definition) is 1. The molecule has 0 saturated heterocycles. The molecule has 0 N–H and O–H groups in total. The second kappa shape index (κ2) is 6.76. The summed E-state index contributed by atoms with van der Waals surface area (Å²) in [5, 5.41) is 0. The first kappa shape index (κ1) is 14.8. The highest BCUT2D eigenvalue weighted by molar-refractivity contribution is 5.01. The third-order valence-electron chi connectivity index (χ3n) is 1.61.